The maximum absolute atomic E-state index is 13.2. The van der Waals surface area contributed by atoms with Crippen LogP contribution in [0.15, 0.2) is 67.0 Å². The summed E-state index contributed by atoms with van der Waals surface area (Å²) in [7, 11) is 0. The van der Waals surface area contributed by atoms with Gasteiger partial charge in [0.15, 0.2) is 5.82 Å². The van der Waals surface area contributed by atoms with E-state index in [1.165, 1.54) is 0 Å². The van der Waals surface area contributed by atoms with E-state index in [4.69, 9.17) is 23.2 Å². The number of H-pyrrole nitrogens is 1. The lowest BCUT2D eigenvalue weighted by molar-refractivity contribution is -0.122. The Morgan fingerprint density at radius 3 is 2.49 bits per heavy atom. The molecule has 192 valence electrons. The second kappa shape index (κ2) is 12.6. The lowest BCUT2D eigenvalue weighted by Gasteiger charge is -2.21. The zero-order valence-electron chi connectivity index (χ0n) is 20.6. The molecule has 0 saturated heterocycles. The molecule has 0 bridgehead atoms. The number of hydrogen-bond acceptors (Lipinski definition) is 6. The summed E-state index contributed by atoms with van der Waals surface area (Å²) < 4.78 is 0. The van der Waals surface area contributed by atoms with E-state index < -0.39 is 6.04 Å². The van der Waals surface area contributed by atoms with Gasteiger partial charge in [-0.1, -0.05) is 61.3 Å². The maximum atomic E-state index is 13.2. The van der Waals surface area contributed by atoms with Gasteiger partial charge in [0.1, 0.15) is 17.6 Å². The molecule has 2 aromatic heterocycles. The van der Waals surface area contributed by atoms with Gasteiger partial charge in [0.25, 0.3) is 0 Å². The molecule has 2 aromatic carbocycles. The Hall–Kier alpha value is -3.62. The third kappa shape index (κ3) is 7.93. The van der Waals surface area contributed by atoms with Gasteiger partial charge in [-0.25, -0.2) is 9.97 Å². The molecule has 37 heavy (non-hydrogen) atoms. The first-order valence-electron chi connectivity index (χ1n) is 12.0. The van der Waals surface area contributed by atoms with Crippen LogP contribution in [-0.2, 0) is 17.9 Å². The van der Waals surface area contributed by atoms with Crippen LogP contribution in [-0.4, -0.2) is 31.9 Å². The Morgan fingerprint density at radius 1 is 0.973 bits per heavy atom. The number of carbonyl (C=O) groups excluding carboxylic acids is 1. The van der Waals surface area contributed by atoms with E-state index in [0.29, 0.717) is 52.8 Å². The Morgan fingerprint density at radius 2 is 1.78 bits per heavy atom. The summed E-state index contributed by atoms with van der Waals surface area (Å²) in [5, 5.41) is 10.9. The average molecular weight is 538 g/mol. The molecule has 4 aromatic rings. The number of nitrogens with one attached hydrogen (secondary N) is 4. The second-order valence-corrected chi connectivity index (χ2v) is 9.93. The van der Waals surface area contributed by atoms with E-state index in [1.54, 1.807) is 18.5 Å². The molecule has 2 heterocycles. The highest BCUT2D eigenvalue weighted by Crippen LogP contribution is 2.21. The van der Waals surface area contributed by atoms with Crippen LogP contribution in [0.25, 0.3) is 11.5 Å². The zero-order valence-corrected chi connectivity index (χ0v) is 22.1. The first-order chi connectivity index (χ1) is 17.9. The summed E-state index contributed by atoms with van der Waals surface area (Å²) in [6.07, 6.45) is 4.02. The molecule has 0 saturated carbocycles. The van der Waals surface area contributed by atoms with Gasteiger partial charge < -0.3 is 20.9 Å². The lowest BCUT2D eigenvalue weighted by Crippen LogP contribution is -2.40. The Balaban J connectivity index is 1.53. The van der Waals surface area contributed by atoms with Crippen molar-refractivity contribution in [2.45, 2.75) is 39.4 Å². The average Bonchev–Trinajstić information content (AvgIpc) is 3.42. The molecule has 4 rings (SSSR count). The zero-order chi connectivity index (χ0) is 26.2. The minimum absolute atomic E-state index is 0.116. The number of anilines is 2. The van der Waals surface area contributed by atoms with Crippen LogP contribution in [0.4, 0.5) is 11.8 Å². The molecule has 8 nitrogen and oxygen atoms in total. The number of amides is 1. The van der Waals surface area contributed by atoms with Crippen LogP contribution in [0, 0.1) is 5.92 Å². The topological polar surface area (TPSA) is 108 Å². The van der Waals surface area contributed by atoms with E-state index in [9.17, 15) is 4.79 Å². The van der Waals surface area contributed by atoms with E-state index in [2.05, 4.69) is 49.7 Å². The molecular weight excluding hydrogens is 509 g/mol. The first kappa shape index (κ1) is 26.4. The molecule has 10 heteroatoms. The van der Waals surface area contributed by atoms with E-state index >= 15 is 0 Å². The molecule has 0 aliphatic rings. The van der Waals surface area contributed by atoms with E-state index in [0.717, 1.165) is 11.1 Å². The lowest BCUT2D eigenvalue weighted by atomic mass is 10.0. The van der Waals surface area contributed by atoms with Gasteiger partial charge in [0.2, 0.25) is 11.9 Å². The van der Waals surface area contributed by atoms with Crippen molar-refractivity contribution in [3.05, 3.63) is 88.2 Å². The van der Waals surface area contributed by atoms with E-state index in [1.807, 2.05) is 48.5 Å². The molecule has 0 radical (unpaired) electrons. The first-order valence-corrected chi connectivity index (χ1v) is 12.8. The predicted molar refractivity (Wildman–Crippen MR) is 149 cm³/mol. The predicted octanol–water partition coefficient (Wildman–Crippen LogP) is 5.93. The van der Waals surface area contributed by atoms with Crippen LogP contribution in [0.2, 0.25) is 10.0 Å². The van der Waals surface area contributed by atoms with Gasteiger partial charge in [-0.05, 0) is 47.7 Å². The number of imidazole rings is 1. The highest BCUT2D eigenvalue weighted by Gasteiger charge is 2.21. The number of carbonyl (C=O) groups is 1. The largest absolute Gasteiger partial charge is 0.358 e. The van der Waals surface area contributed by atoms with Crippen molar-refractivity contribution in [1.29, 1.82) is 0 Å². The fourth-order valence-corrected chi connectivity index (χ4v) is 4.09. The molecular formula is C27H29Cl2N7O. The Labute approximate surface area is 226 Å². The molecule has 0 fully saturated rings. The second-order valence-electron chi connectivity index (χ2n) is 9.05. The van der Waals surface area contributed by atoms with Gasteiger partial charge in [-0.3, -0.25) is 4.79 Å². The van der Waals surface area contributed by atoms with Gasteiger partial charge in [0.05, 0.1) is 0 Å². The smallest absolute Gasteiger partial charge is 0.242 e. The number of aromatic amines is 1. The van der Waals surface area contributed by atoms with Gasteiger partial charge in [-0.15, -0.1) is 0 Å². The molecule has 1 atom stereocenters. The van der Waals surface area contributed by atoms with Crippen molar-refractivity contribution in [2.75, 3.05) is 10.6 Å². The van der Waals surface area contributed by atoms with Crippen molar-refractivity contribution >= 4 is 40.9 Å². The maximum Gasteiger partial charge on any atom is 0.242 e. The molecule has 1 amide bonds. The summed E-state index contributed by atoms with van der Waals surface area (Å²) in [4.78, 5) is 29.8. The third-order valence-corrected chi connectivity index (χ3v) is 6.02. The van der Waals surface area contributed by atoms with Crippen molar-refractivity contribution in [3.8, 4) is 11.5 Å². The summed E-state index contributed by atoms with van der Waals surface area (Å²) >= 11 is 12.1. The van der Waals surface area contributed by atoms with Crippen LogP contribution >= 0.6 is 23.2 Å². The quantitative estimate of drug-likeness (QED) is 0.189. The van der Waals surface area contributed by atoms with Crippen LogP contribution in [0.1, 0.15) is 31.4 Å². The van der Waals surface area contributed by atoms with Crippen molar-refractivity contribution in [2.24, 2.45) is 5.92 Å². The number of nitrogens with zero attached hydrogens (tertiary/aromatic N) is 3. The Kier molecular flexibility index (Phi) is 8.98. The van der Waals surface area contributed by atoms with Gasteiger partial charge in [0, 0.05) is 41.6 Å². The number of hydrogen-bond donors (Lipinski definition) is 4. The molecule has 4 N–H and O–H groups in total. The highest BCUT2D eigenvalue weighted by molar-refractivity contribution is 6.30. The van der Waals surface area contributed by atoms with Crippen LogP contribution < -0.4 is 16.0 Å². The van der Waals surface area contributed by atoms with Crippen molar-refractivity contribution in [3.63, 3.8) is 0 Å². The van der Waals surface area contributed by atoms with Crippen LogP contribution in [0.5, 0.6) is 0 Å². The SMILES string of the molecule is CC(C)C[C@@H](Nc1cc(-c2ncc[nH]2)nc(NCc2cccc(Cl)c2)n1)C(=O)NCc1ccc(Cl)cc1. The summed E-state index contributed by atoms with van der Waals surface area (Å²) in [6.45, 7) is 5.04. The minimum Gasteiger partial charge on any atom is -0.358 e. The molecule has 0 unspecified atom stereocenters. The van der Waals surface area contributed by atoms with Gasteiger partial charge in [-0.2, -0.15) is 4.98 Å². The number of aromatic nitrogens is 4. The molecule has 0 aliphatic heterocycles. The summed E-state index contributed by atoms with van der Waals surface area (Å²) in [5.74, 6) is 1.69. The fourth-order valence-electron chi connectivity index (χ4n) is 3.75. The molecule has 0 spiro atoms. The summed E-state index contributed by atoms with van der Waals surface area (Å²) in [6, 6.07) is 16.3. The van der Waals surface area contributed by atoms with Crippen molar-refractivity contribution in [1.82, 2.24) is 25.3 Å². The third-order valence-electron chi connectivity index (χ3n) is 5.53. The van der Waals surface area contributed by atoms with Crippen molar-refractivity contribution < 1.29 is 4.79 Å². The standard InChI is InChI=1S/C27H29Cl2N7O/c1-17(2)12-23(26(37)32-15-18-6-8-20(28)9-7-18)34-24-14-22(25-30-10-11-31-25)35-27(36-24)33-16-19-4-3-5-21(29)13-19/h3-11,13-14,17,23H,12,15-16H2,1-2H3,(H,30,31)(H,32,37)(H2,33,34,35,36)/t23-/m1/s1. The summed E-state index contributed by atoms with van der Waals surface area (Å²) in [5.41, 5.74) is 2.56. The number of halogens is 2. The highest BCUT2D eigenvalue weighted by atomic mass is 35.5. The Bertz CT molecular complexity index is 1310. The van der Waals surface area contributed by atoms with E-state index in [-0.39, 0.29) is 11.8 Å². The van der Waals surface area contributed by atoms with Crippen LogP contribution in [0.3, 0.4) is 0 Å². The fraction of sp³-hybridized carbons (Fsp3) is 0.259. The molecule has 0 aliphatic carbocycles. The van der Waals surface area contributed by atoms with Gasteiger partial charge >= 0.3 is 0 Å². The monoisotopic (exact) mass is 537 g/mol. The number of benzene rings is 2. The normalized spacial score (nSPS) is 11.8. The minimum atomic E-state index is -0.493. The number of rotatable bonds is 11.